The predicted octanol–water partition coefficient (Wildman–Crippen LogP) is 1.29. The third-order valence-corrected chi connectivity index (χ3v) is 1.78. The van der Waals surface area contributed by atoms with Gasteiger partial charge < -0.3 is 10.1 Å². The van der Waals surface area contributed by atoms with Crippen LogP contribution in [0.25, 0.3) is 0 Å². The summed E-state index contributed by atoms with van der Waals surface area (Å²) in [5, 5.41) is 2.52. The number of amides is 1. The molecule has 0 spiro atoms. The number of rotatable bonds is 8. The molecule has 0 aliphatic heterocycles. The SMILES string of the molecule is CC(C)(C)OCCC(=O)CCCNC=O. The number of Topliss-reactive ketones (excluding diaryl/α,β-unsaturated/α-hetero) is 1. The second-order valence-electron chi connectivity index (χ2n) is 4.43. The molecule has 0 saturated carbocycles. The average Bonchev–Trinajstić information content (AvgIpc) is 2.10. The van der Waals surface area contributed by atoms with Gasteiger partial charge in [0.25, 0.3) is 0 Å². The highest BCUT2D eigenvalue weighted by molar-refractivity contribution is 5.78. The highest BCUT2D eigenvalue weighted by Gasteiger charge is 2.10. The highest BCUT2D eigenvalue weighted by Crippen LogP contribution is 2.07. The van der Waals surface area contributed by atoms with Crippen molar-refractivity contribution < 1.29 is 14.3 Å². The van der Waals surface area contributed by atoms with Crippen molar-refractivity contribution in [3.05, 3.63) is 0 Å². The van der Waals surface area contributed by atoms with Crippen LogP contribution in [0.1, 0.15) is 40.0 Å². The lowest BCUT2D eigenvalue weighted by Crippen LogP contribution is -2.21. The number of carbonyl (C=O) groups is 2. The van der Waals surface area contributed by atoms with E-state index in [0.29, 0.717) is 38.8 Å². The summed E-state index contributed by atoms with van der Waals surface area (Å²) in [5.41, 5.74) is -0.181. The van der Waals surface area contributed by atoms with Crippen LogP contribution in [0.15, 0.2) is 0 Å². The molecule has 4 nitrogen and oxygen atoms in total. The molecule has 15 heavy (non-hydrogen) atoms. The van der Waals surface area contributed by atoms with Crippen molar-refractivity contribution in [1.82, 2.24) is 5.32 Å². The van der Waals surface area contributed by atoms with Gasteiger partial charge in [0.1, 0.15) is 5.78 Å². The summed E-state index contributed by atoms with van der Waals surface area (Å²) >= 11 is 0. The van der Waals surface area contributed by atoms with Crippen LogP contribution in [0.2, 0.25) is 0 Å². The Morgan fingerprint density at radius 2 is 2.00 bits per heavy atom. The van der Waals surface area contributed by atoms with Crippen LogP contribution in [0.4, 0.5) is 0 Å². The zero-order valence-electron chi connectivity index (χ0n) is 9.84. The second kappa shape index (κ2) is 7.40. The van der Waals surface area contributed by atoms with Gasteiger partial charge in [-0.1, -0.05) is 0 Å². The van der Waals surface area contributed by atoms with E-state index in [1.165, 1.54) is 0 Å². The van der Waals surface area contributed by atoms with Gasteiger partial charge in [0.05, 0.1) is 12.2 Å². The topological polar surface area (TPSA) is 55.4 Å². The third-order valence-electron chi connectivity index (χ3n) is 1.78. The Labute approximate surface area is 91.4 Å². The van der Waals surface area contributed by atoms with Crippen LogP contribution in [-0.4, -0.2) is 30.9 Å². The van der Waals surface area contributed by atoms with E-state index >= 15 is 0 Å². The molecule has 0 aliphatic rings. The quantitative estimate of drug-likeness (QED) is 0.490. The molecule has 0 aromatic heterocycles. The van der Waals surface area contributed by atoms with Crippen LogP contribution in [0.5, 0.6) is 0 Å². The van der Waals surface area contributed by atoms with Gasteiger partial charge in [0, 0.05) is 19.4 Å². The second-order valence-corrected chi connectivity index (χ2v) is 4.43. The fourth-order valence-corrected chi connectivity index (χ4v) is 1.04. The predicted molar refractivity (Wildman–Crippen MR) is 58.6 cm³/mol. The summed E-state index contributed by atoms with van der Waals surface area (Å²) in [6.07, 6.45) is 2.31. The number of carbonyl (C=O) groups excluding carboxylic acids is 2. The maximum absolute atomic E-state index is 11.3. The molecule has 0 aromatic carbocycles. The lowest BCUT2D eigenvalue weighted by molar-refractivity contribution is -0.121. The van der Waals surface area contributed by atoms with Gasteiger partial charge in [-0.25, -0.2) is 0 Å². The van der Waals surface area contributed by atoms with E-state index in [9.17, 15) is 9.59 Å². The van der Waals surface area contributed by atoms with Crippen molar-refractivity contribution in [2.24, 2.45) is 0 Å². The number of nitrogens with one attached hydrogen (secondary N) is 1. The van der Waals surface area contributed by atoms with Crippen molar-refractivity contribution in [3.8, 4) is 0 Å². The Morgan fingerprint density at radius 3 is 2.53 bits per heavy atom. The molecule has 0 saturated heterocycles. The molecule has 0 atom stereocenters. The normalized spacial score (nSPS) is 11.1. The van der Waals surface area contributed by atoms with E-state index < -0.39 is 0 Å². The largest absolute Gasteiger partial charge is 0.375 e. The molecule has 4 heteroatoms. The minimum Gasteiger partial charge on any atom is -0.375 e. The van der Waals surface area contributed by atoms with Gasteiger partial charge in [-0.15, -0.1) is 0 Å². The molecular weight excluding hydrogens is 194 g/mol. The number of ketones is 1. The standard InChI is InChI=1S/C11H21NO3/c1-11(2,3)15-8-6-10(14)5-4-7-12-9-13/h9H,4-8H2,1-3H3,(H,12,13). The van der Waals surface area contributed by atoms with Gasteiger partial charge in [0.2, 0.25) is 6.41 Å². The molecule has 0 unspecified atom stereocenters. The summed E-state index contributed by atoms with van der Waals surface area (Å²) < 4.78 is 5.43. The van der Waals surface area contributed by atoms with Crippen molar-refractivity contribution >= 4 is 12.2 Å². The Kier molecular flexibility index (Phi) is 6.96. The Hall–Kier alpha value is -0.900. The van der Waals surface area contributed by atoms with E-state index in [1.807, 2.05) is 20.8 Å². The molecule has 1 N–H and O–H groups in total. The Balaban J connectivity index is 3.37. The van der Waals surface area contributed by atoms with Gasteiger partial charge in [0.15, 0.2) is 0 Å². The molecule has 88 valence electrons. The molecule has 0 aliphatic carbocycles. The zero-order valence-corrected chi connectivity index (χ0v) is 9.84. The van der Waals surface area contributed by atoms with E-state index in [0.717, 1.165) is 0 Å². The van der Waals surface area contributed by atoms with E-state index in [-0.39, 0.29) is 11.4 Å². The number of hydrogen-bond acceptors (Lipinski definition) is 3. The zero-order chi connectivity index (χ0) is 11.7. The van der Waals surface area contributed by atoms with Crippen LogP contribution in [0, 0.1) is 0 Å². The summed E-state index contributed by atoms with van der Waals surface area (Å²) in [5.74, 6) is 0.187. The molecular formula is C11H21NO3. The van der Waals surface area contributed by atoms with Crippen LogP contribution < -0.4 is 5.32 Å². The van der Waals surface area contributed by atoms with Crippen molar-refractivity contribution in [2.75, 3.05) is 13.2 Å². The number of hydrogen-bond donors (Lipinski definition) is 1. The van der Waals surface area contributed by atoms with Crippen LogP contribution in [0.3, 0.4) is 0 Å². The van der Waals surface area contributed by atoms with E-state index in [2.05, 4.69) is 5.32 Å². The molecule has 0 heterocycles. The first-order valence-corrected chi connectivity index (χ1v) is 5.28. The lowest BCUT2D eigenvalue weighted by Gasteiger charge is -2.18. The van der Waals surface area contributed by atoms with Gasteiger partial charge in [-0.2, -0.15) is 0 Å². The molecule has 1 amide bonds. The van der Waals surface area contributed by atoms with Crippen molar-refractivity contribution in [1.29, 1.82) is 0 Å². The highest BCUT2D eigenvalue weighted by atomic mass is 16.5. The molecule has 0 bridgehead atoms. The van der Waals surface area contributed by atoms with Crippen LogP contribution >= 0.6 is 0 Å². The first-order valence-electron chi connectivity index (χ1n) is 5.28. The van der Waals surface area contributed by atoms with Crippen molar-refractivity contribution in [3.63, 3.8) is 0 Å². The average molecular weight is 215 g/mol. The number of ether oxygens (including phenoxy) is 1. The lowest BCUT2D eigenvalue weighted by atomic mass is 10.1. The first kappa shape index (κ1) is 14.1. The van der Waals surface area contributed by atoms with Gasteiger partial charge in [-0.05, 0) is 27.2 Å². The smallest absolute Gasteiger partial charge is 0.207 e. The summed E-state index contributed by atoms with van der Waals surface area (Å²) in [6.45, 7) is 6.93. The molecule has 0 radical (unpaired) electrons. The molecule has 0 fully saturated rings. The summed E-state index contributed by atoms with van der Waals surface area (Å²) in [6, 6.07) is 0. The Morgan fingerprint density at radius 1 is 1.33 bits per heavy atom. The Bertz CT molecular complexity index is 196. The maximum atomic E-state index is 11.3. The van der Waals surface area contributed by atoms with Gasteiger partial charge in [-0.3, -0.25) is 9.59 Å². The third kappa shape index (κ3) is 11.0. The van der Waals surface area contributed by atoms with Crippen molar-refractivity contribution in [2.45, 2.75) is 45.6 Å². The monoisotopic (exact) mass is 215 g/mol. The van der Waals surface area contributed by atoms with Gasteiger partial charge >= 0.3 is 0 Å². The maximum Gasteiger partial charge on any atom is 0.207 e. The minimum absolute atomic E-state index is 0.181. The summed E-state index contributed by atoms with van der Waals surface area (Å²) in [4.78, 5) is 21.2. The molecule has 0 aromatic rings. The first-order chi connectivity index (χ1) is 6.95. The fourth-order valence-electron chi connectivity index (χ4n) is 1.04. The molecule has 0 rings (SSSR count). The van der Waals surface area contributed by atoms with E-state index in [4.69, 9.17) is 4.74 Å². The van der Waals surface area contributed by atoms with E-state index in [1.54, 1.807) is 0 Å². The van der Waals surface area contributed by atoms with Crippen LogP contribution in [-0.2, 0) is 14.3 Å². The summed E-state index contributed by atoms with van der Waals surface area (Å²) in [7, 11) is 0. The fraction of sp³-hybridized carbons (Fsp3) is 0.818. The minimum atomic E-state index is -0.181.